The molecule has 0 spiro atoms. The van der Waals surface area contributed by atoms with E-state index >= 15 is 0 Å². The fraction of sp³-hybridized carbons (Fsp3) is 0.412. The Kier molecular flexibility index (Phi) is 7.58. The third kappa shape index (κ3) is 4.42. The van der Waals surface area contributed by atoms with E-state index in [4.69, 9.17) is 5.73 Å². The minimum absolute atomic E-state index is 0. The van der Waals surface area contributed by atoms with Gasteiger partial charge in [0.1, 0.15) is 17.6 Å². The van der Waals surface area contributed by atoms with Gasteiger partial charge in [-0.2, -0.15) is 0 Å². The van der Waals surface area contributed by atoms with Crippen molar-refractivity contribution < 1.29 is 4.79 Å². The van der Waals surface area contributed by atoms with E-state index < -0.39 is 5.92 Å². The molecular weight excluding hydrogens is 347 g/mol. The van der Waals surface area contributed by atoms with Crippen molar-refractivity contribution in [2.45, 2.75) is 25.7 Å². The second-order valence-corrected chi connectivity index (χ2v) is 6.08. The molecule has 0 aliphatic carbocycles. The van der Waals surface area contributed by atoms with E-state index in [1.54, 1.807) is 6.20 Å². The number of likely N-dealkylation sites (tertiary alicyclic amines) is 1. The molecule has 2 heterocycles. The number of carbonyl (C=O) groups excluding carboxylic acids is 1. The van der Waals surface area contributed by atoms with Crippen molar-refractivity contribution in [2.24, 2.45) is 5.92 Å². The number of rotatable bonds is 3. The maximum atomic E-state index is 13.0. The van der Waals surface area contributed by atoms with Crippen LogP contribution in [0.15, 0.2) is 36.5 Å². The number of nitrogens with zero attached hydrogens (tertiary/aromatic N) is 2. The largest absolute Gasteiger partial charge is 0.384 e. The number of amides is 1. The number of hydrogen-bond donors (Lipinski definition) is 2. The van der Waals surface area contributed by atoms with E-state index in [1.165, 1.54) is 0 Å². The molecule has 3 rings (SSSR count). The molecule has 0 radical (unpaired) electrons. The van der Waals surface area contributed by atoms with Crippen molar-refractivity contribution in [2.75, 3.05) is 18.8 Å². The summed E-state index contributed by atoms with van der Waals surface area (Å²) in [6.45, 7) is 3.88. The minimum Gasteiger partial charge on any atom is -0.384 e. The third-order valence-electron chi connectivity index (χ3n) is 4.36. The second kappa shape index (κ2) is 8.94. The monoisotopic (exact) mass is 370 g/mol. The molecule has 1 amide bonds. The van der Waals surface area contributed by atoms with Crippen LogP contribution in [0, 0.1) is 5.92 Å². The van der Waals surface area contributed by atoms with Crippen LogP contribution >= 0.6 is 24.8 Å². The van der Waals surface area contributed by atoms with Crippen molar-refractivity contribution in [1.29, 1.82) is 0 Å². The Morgan fingerprint density at radius 1 is 1.25 bits per heavy atom. The number of halogens is 2. The number of H-pyrrole nitrogens is 1. The fourth-order valence-electron chi connectivity index (χ4n) is 2.97. The fourth-order valence-corrected chi connectivity index (χ4v) is 2.97. The number of nitrogens with two attached hydrogens (primary N) is 1. The number of nitrogen functional groups attached to an aromatic ring is 1. The maximum Gasteiger partial charge on any atom is 0.237 e. The van der Waals surface area contributed by atoms with Crippen LogP contribution in [0.1, 0.15) is 37.1 Å². The van der Waals surface area contributed by atoms with Gasteiger partial charge in [-0.3, -0.25) is 4.79 Å². The first-order valence-electron chi connectivity index (χ1n) is 7.79. The van der Waals surface area contributed by atoms with Crippen molar-refractivity contribution in [3.8, 4) is 0 Å². The Balaban J connectivity index is 0.00000144. The van der Waals surface area contributed by atoms with Crippen LogP contribution in [0.4, 0.5) is 5.82 Å². The third-order valence-corrected chi connectivity index (χ3v) is 4.36. The summed E-state index contributed by atoms with van der Waals surface area (Å²) < 4.78 is 0. The maximum absolute atomic E-state index is 13.0. The number of imidazole rings is 1. The van der Waals surface area contributed by atoms with E-state index in [9.17, 15) is 4.79 Å². The summed E-state index contributed by atoms with van der Waals surface area (Å²) in [6.07, 6.45) is 3.69. The van der Waals surface area contributed by atoms with E-state index in [-0.39, 0.29) is 30.7 Å². The van der Waals surface area contributed by atoms with Gasteiger partial charge in [0.15, 0.2) is 0 Å². The van der Waals surface area contributed by atoms with Crippen LogP contribution in [0.5, 0.6) is 0 Å². The lowest BCUT2D eigenvalue weighted by molar-refractivity contribution is -0.133. The number of aromatic amines is 1. The second-order valence-electron chi connectivity index (χ2n) is 6.08. The highest BCUT2D eigenvalue weighted by molar-refractivity contribution is 5.86. The summed E-state index contributed by atoms with van der Waals surface area (Å²) in [5.41, 5.74) is 6.69. The zero-order valence-corrected chi connectivity index (χ0v) is 15.3. The molecule has 132 valence electrons. The first-order chi connectivity index (χ1) is 10.6. The normalized spacial score (nSPS) is 16.0. The Hall–Kier alpha value is -1.72. The molecule has 1 atom stereocenters. The SMILES string of the molecule is CC1CCN(C(=O)C(c2ccccc2)c2ncc(N)[nH]2)CC1.Cl.Cl. The number of aromatic nitrogens is 2. The Labute approximate surface area is 154 Å². The molecule has 1 aliphatic rings. The van der Waals surface area contributed by atoms with Crippen LogP contribution < -0.4 is 5.73 Å². The quantitative estimate of drug-likeness (QED) is 0.870. The van der Waals surface area contributed by atoms with Gasteiger partial charge in [0, 0.05) is 13.1 Å². The van der Waals surface area contributed by atoms with Crippen LogP contribution in [0.25, 0.3) is 0 Å². The average molecular weight is 371 g/mol. The molecule has 1 aromatic heterocycles. The Morgan fingerprint density at radius 2 is 1.88 bits per heavy atom. The lowest BCUT2D eigenvalue weighted by atomic mass is 9.93. The highest BCUT2D eigenvalue weighted by Crippen LogP contribution is 2.27. The summed E-state index contributed by atoms with van der Waals surface area (Å²) in [6, 6.07) is 9.77. The van der Waals surface area contributed by atoms with Gasteiger partial charge in [-0.05, 0) is 24.3 Å². The highest BCUT2D eigenvalue weighted by atomic mass is 35.5. The van der Waals surface area contributed by atoms with Crippen LogP contribution in [0.3, 0.4) is 0 Å². The van der Waals surface area contributed by atoms with Crippen molar-refractivity contribution in [3.05, 3.63) is 47.9 Å². The number of nitrogens with one attached hydrogen (secondary N) is 1. The topological polar surface area (TPSA) is 75.0 Å². The smallest absolute Gasteiger partial charge is 0.237 e. The lowest BCUT2D eigenvalue weighted by Crippen LogP contribution is -2.41. The highest BCUT2D eigenvalue weighted by Gasteiger charge is 2.31. The summed E-state index contributed by atoms with van der Waals surface area (Å²) in [5, 5.41) is 0. The molecule has 24 heavy (non-hydrogen) atoms. The van der Waals surface area contributed by atoms with Crippen LogP contribution in [-0.2, 0) is 4.79 Å². The number of anilines is 1. The van der Waals surface area contributed by atoms with E-state index in [2.05, 4.69) is 16.9 Å². The molecule has 7 heteroatoms. The van der Waals surface area contributed by atoms with Crippen LogP contribution in [0.2, 0.25) is 0 Å². The van der Waals surface area contributed by atoms with Gasteiger partial charge in [-0.15, -0.1) is 24.8 Å². The standard InChI is InChI=1S/C17H22N4O.2ClH/c1-12-7-9-21(10-8-12)17(22)15(13-5-3-2-4-6-13)16-19-11-14(18)20-16;;/h2-6,11-12,15H,7-10,18H2,1H3,(H,19,20);2*1H. The van der Waals surface area contributed by atoms with E-state index in [1.807, 2.05) is 35.2 Å². The molecule has 0 saturated carbocycles. The molecule has 0 bridgehead atoms. The Morgan fingerprint density at radius 3 is 2.42 bits per heavy atom. The molecular formula is C17H24Cl2N4O. The number of hydrogen-bond acceptors (Lipinski definition) is 3. The van der Waals surface area contributed by atoms with Gasteiger partial charge in [0.2, 0.25) is 5.91 Å². The Bertz CT molecular complexity index is 639. The predicted octanol–water partition coefficient (Wildman–Crippen LogP) is 3.23. The first-order valence-corrected chi connectivity index (χ1v) is 7.79. The number of carbonyl (C=O) groups is 1. The summed E-state index contributed by atoms with van der Waals surface area (Å²) in [4.78, 5) is 22.3. The van der Waals surface area contributed by atoms with E-state index in [0.29, 0.717) is 17.6 Å². The molecule has 1 aromatic carbocycles. The molecule has 3 N–H and O–H groups in total. The van der Waals surface area contributed by atoms with Gasteiger partial charge < -0.3 is 15.6 Å². The molecule has 5 nitrogen and oxygen atoms in total. The lowest BCUT2D eigenvalue weighted by Gasteiger charge is -2.32. The summed E-state index contributed by atoms with van der Waals surface area (Å²) in [5.74, 6) is 1.49. The number of benzene rings is 1. The van der Waals surface area contributed by atoms with E-state index in [0.717, 1.165) is 31.5 Å². The molecule has 1 aliphatic heterocycles. The molecule has 2 aromatic rings. The molecule has 1 saturated heterocycles. The van der Waals surface area contributed by atoms with Gasteiger partial charge in [0.05, 0.1) is 6.20 Å². The number of piperidine rings is 1. The van der Waals surface area contributed by atoms with Crippen LogP contribution in [-0.4, -0.2) is 33.9 Å². The molecule has 1 unspecified atom stereocenters. The molecule has 1 fully saturated rings. The average Bonchev–Trinajstić information content (AvgIpc) is 2.95. The zero-order valence-electron chi connectivity index (χ0n) is 13.6. The minimum atomic E-state index is -0.410. The van der Waals surface area contributed by atoms with Gasteiger partial charge in [-0.1, -0.05) is 37.3 Å². The first kappa shape index (κ1) is 20.3. The van der Waals surface area contributed by atoms with Crippen molar-refractivity contribution in [3.63, 3.8) is 0 Å². The van der Waals surface area contributed by atoms with Gasteiger partial charge in [0.25, 0.3) is 0 Å². The zero-order chi connectivity index (χ0) is 15.5. The summed E-state index contributed by atoms with van der Waals surface area (Å²) >= 11 is 0. The van der Waals surface area contributed by atoms with Gasteiger partial charge in [-0.25, -0.2) is 4.98 Å². The van der Waals surface area contributed by atoms with Gasteiger partial charge >= 0.3 is 0 Å². The predicted molar refractivity (Wildman–Crippen MR) is 101 cm³/mol. The van der Waals surface area contributed by atoms with Crippen molar-refractivity contribution in [1.82, 2.24) is 14.9 Å². The van der Waals surface area contributed by atoms with Crippen molar-refractivity contribution >= 4 is 36.5 Å². The summed E-state index contributed by atoms with van der Waals surface area (Å²) in [7, 11) is 0.